The van der Waals surface area contributed by atoms with Gasteiger partial charge in [0.1, 0.15) is 23.7 Å². The van der Waals surface area contributed by atoms with Gasteiger partial charge in [-0.05, 0) is 19.1 Å². The monoisotopic (exact) mass is 433 g/mol. The van der Waals surface area contributed by atoms with Gasteiger partial charge in [-0.25, -0.2) is 14.8 Å². The number of nitrogens with zero attached hydrogens (tertiary/aromatic N) is 4. The van der Waals surface area contributed by atoms with E-state index in [9.17, 15) is 14.9 Å². The Hall–Kier alpha value is -4.30. The molecule has 0 spiro atoms. The zero-order chi connectivity index (χ0) is 21.8. The molecule has 11 heteroatoms. The van der Waals surface area contributed by atoms with Crippen LogP contribution in [0.3, 0.4) is 0 Å². The average molecular weight is 433 g/mol. The third-order valence-electron chi connectivity index (χ3n) is 4.24. The van der Waals surface area contributed by atoms with Crippen molar-refractivity contribution in [3.05, 3.63) is 68.8 Å². The molecule has 0 aliphatic rings. The van der Waals surface area contributed by atoms with E-state index in [2.05, 4.69) is 36.5 Å². The van der Waals surface area contributed by atoms with Crippen molar-refractivity contribution in [2.24, 2.45) is 5.10 Å². The van der Waals surface area contributed by atoms with Crippen LogP contribution in [-0.2, 0) is 0 Å². The summed E-state index contributed by atoms with van der Waals surface area (Å²) in [5.74, 6) is 1.05. The first-order chi connectivity index (χ1) is 15.1. The van der Waals surface area contributed by atoms with E-state index in [-0.39, 0.29) is 5.56 Å². The lowest BCUT2D eigenvalue weighted by molar-refractivity contribution is 0.341. The van der Waals surface area contributed by atoms with Gasteiger partial charge in [0.05, 0.1) is 33.5 Å². The molecule has 3 N–H and O–H groups in total. The summed E-state index contributed by atoms with van der Waals surface area (Å²) in [6, 6.07) is 9.71. The van der Waals surface area contributed by atoms with Crippen LogP contribution in [0, 0.1) is 11.3 Å². The third-order valence-corrected chi connectivity index (χ3v) is 5.46. The maximum atomic E-state index is 11.8. The number of H-pyrrole nitrogens is 2. The predicted molar refractivity (Wildman–Crippen MR) is 118 cm³/mol. The van der Waals surface area contributed by atoms with E-state index in [1.807, 2.05) is 31.2 Å². The van der Waals surface area contributed by atoms with Crippen LogP contribution in [0.2, 0.25) is 0 Å². The Morgan fingerprint density at radius 3 is 2.94 bits per heavy atom. The highest BCUT2D eigenvalue weighted by Gasteiger charge is 2.20. The number of thiophene rings is 1. The molecule has 0 atom stereocenters. The van der Waals surface area contributed by atoms with Crippen molar-refractivity contribution in [1.82, 2.24) is 19.9 Å². The molecule has 4 rings (SSSR count). The number of para-hydroxylation sites is 1. The topological polar surface area (TPSA) is 149 Å². The average Bonchev–Trinajstić information content (AvgIpc) is 3.15. The van der Waals surface area contributed by atoms with Crippen LogP contribution in [0.1, 0.15) is 18.1 Å². The molecule has 0 aliphatic heterocycles. The molecule has 0 amide bonds. The molecular weight excluding hydrogens is 418 g/mol. The van der Waals surface area contributed by atoms with Crippen LogP contribution in [0.25, 0.3) is 20.7 Å². The standard InChI is InChI=1S/C20H15N7O3S/c1-2-30-14-6-4-3-5-12(14)16-13(7-21)15-17(31-16)18(24-10-23-15)27-25-9-11-8-22-20(29)26-19(11)28/h3-6,8-10H,2H2,1H3,(H,23,24,27)(H2,22,26,28,29)/b25-9+. The molecule has 0 bridgehead atoms. The fourth-order valence-corrected chi connectivity index (χ4v) is 4.07. The summed E-state index contributed by atoms with van der Waals surface area (Å²) >= 11 is 1.34. The lowest BCUT2D eigenvalue weighted by Gasteiger charge is -2.08. The highest BCUT2D eigenvalue weighted by molar-refractivity contribution is 7.23. The number of hydrazone groups is 1. The minimum atomic E-state index is -0.602. The number of rotatable bonds is 6. The molecule has 154 valence electrons. The third kappa shape index (κ3) is 3.92. The zero-order valence-electron chi connectivity index (χ0n) is 16.2. The molecule has 4 aromatic rings. The predicted octanol–water partition coefficient (Wildman–Crippen LogP) is 2.45. The smallest absolute Gasteiger partial charge is 0.325 e. The minimum absolute atomic E-state index is 0.160. The Bertz CT molecular complexity index is 1450. The molecule has 0 fully saturated rings. The number of nitrogens with one attached hydrogen (secondary N) is 3. The number of hydrogen-bond donors (Lipinski definition) is 3. The van der Waals surface area contributed by atoms with Crippen molar-refractivity contribution in [2.45, 2.75) is 6.92 Å². The van der Waals surface area contributed by atoms with Gasteiger partial charge in [0, 0.05) is 11.8 Å². The molecule has 0 radical (unpaired) electrons. The lowest BCUT2D eigenvalue weighted by atomic mass is 10.1. The second-order valence-corrected chi connectivity index (χ2v) is 7.17. The SMILES string of the molecule is CCOc1ccccc1-c1sc2c(N/N=C/c3c[nH]c(=O)[nH]c3=O)ncnc2c1C#N. The van der Waals surface area contributed by atoms with Gasteiger partial charge in [-0.15, -0.1) is 11.3 Å². The van der Waals surface area contributed by atoms with Crippen molar-refractivity contribution >= 4 is 33.6 Å². The number of ether oxygens (including phenoxy) is 1. The minimum Gasteiger partial charge on any atom is -0.493 e. The number of hydrogen-bond acceptors (Lipinski definition) is 9. The van der Waals surface area contributed by atoms with Gasteiger partial charge >= 0.3 is 5.69 Å². The Labute approximate surface area is 178 Å². The number of aromatic amines is 2. The van der Waals surface area contributed by atoms with Gasteiger partial charge in [0.2, 0.25) is 0 Å². The Morgan fingerprint density at radius 2 is 2.16 bits per heavy atom. The van der Waals surface area contributed by atoms with Gasteiger partial charge in [-0.3, -0.25) is 15.2 Å². The van der Waals surface area contributed by atoms with Gasteiger partial charge in [0.15, 0.2) is 5.82 Å². The van der Waals surface area contributed by atoms with Crippen molar-refractivity contribution in [3.8, 4) is 22.3 Å². The summed E-state index contributed by atoms with van der Waals surface area (Å²) in [7, 11) is 0. The van der Waals surface area contributed by atoms with Crippen LogP contribution in [-0.4, -0.2) is 32.8 Å². The molecule has 0 aliphatic carbocycles. The van der Waals surface area contributed by atoms with Crippen LogP contribution in [0.15, 0.2) is 51.5 Å². The molecule has 1 aromatic carbocycles. The van der Waals surface area contributed by atoms with Gasteiger partial charge in [-0.2, -0.15) is 10.4 Å². The van der Waals surface area contributed by atoms with Crippen LogP contribution in [0.5, 0.6) is 5.75 Å². The van der Waals surface area contributed by atoms with Crippen LogP contribution < -0.4 is 21.4 Å². The van der Waals surface area contributed by atoms with Gasteiger partial charge < -0.3 is 9.72 Å². The highest BCUT2D eigenvalue weighted by Crippen LogP contribution is 2.43. The van der Waals surface area contributed by atoms with E-state index >= 15 is 0 Å². The van der Waals surface area contributed by atoms with Crippen molar-refractivity contribution in [3.63, 3.8) is 0 Å². The Kier molecular flexibility index (Phi) is 5.55. The van der Waals surface area contributed by atoms with E-state index in [0.717, 1.165) is 5.56 Å². The number of fused-ring (bicyclic) bond motifs is 1. The molecule has 0 saturated heterocycles. The first-order valence-corrected chi connectivity index (χ1v) is 9.95. The summed E-state index contributed by atoms with van der Waals surface area (Å²) < 4.78 is 6.35. The fraction of sp³-hybridized carbons (Fsp3) is 0.100. The normalized spacial score (nSPS) is 11.0. The van der Waals surface area contributed by atoms with E-state index in [0.29, 0.717) is 38.8 Å². The summed E-state index contributed by atoms with van der Waals surface area (Å²) in [4.78, 5) is 36.5. The maximum Gasteiger partial charge on any atom is 0.325 e. The van der Waals surface area contributed by atoms with Crippen LogP contribution in [0.4, 0.5) is 5.82 Å². The second kappa shape index (κ2) is 8.60. The summed E-state index contributed by atoms with van der Waals surface area (Å²) in [6.07, 6.45) is 3.84. The first kappa shape index (κ1) is 20.0. The highest BCUT2D eigenvalue weighted by atomic mass is 32.1. The van der Waals surface area contributed by atoms with Gasteiger partial charge in [-0.1, -0.05) is 12.1 Å². The molecular formula is C20H15N7O3S. The Morgan fingerprint density at radius 1 is 1.32 bits per heavy atom. The van der Waals surface area contributed by atoms with E-state index in [4.69, 9.17) is 4.74 Å². The number of aromatic nitrogens is 4. The van der Waals surface area contributed by atoms with Gasteiger partial charge in [0.25, 0.3) is 5.56 Å². The first-order valence-electron chi connectivity index (χ1n) is 9.13. The summed E-state index contributed by atoms with van der Waals surface area (Å²) in [5, 5.41) is 13.8. The summed E-state index contributed by atoms with van der Waals surface area (Å²) in [5.41, 5.74) is 3.46. The second-order valence-electron chi connectivity index (χ2n) is 6.14. The quantitative estimate of drug-likeness (QED) is 0.312. The fourth-order valence-electron chi connectivity index (χ4n) is 2.90. The number of benzene rings is 1. The lowest BCUT2D eigenvalue weighted by Crippen LogP contribution is -2.24. The van der Waals surface area contributed by atoms with E-state index in [1.165, 1.54) is 30.1 Å². The zero-order valence-corrected chi connectivity index (χ0v) is 17.0. The number of anilines is 1. The van der Waals surface area contributed by atoms with Crippen LogP contribution >= 0.6 is 11.3 Å². The molecule has 31 heavy (non-hydrogen) atoms. The Balaban J connectivity index is 1.76. The number of nitriles is 1. The largest absolute Gasteiger partial charge is 0.493 e. The molecule has 3 heterocycles. The molecule has 0 unspecified atom stereocenters. The van der Waals surface area contributed by atoms with Crippen molar-refractivity contribution < 1.29 is 4.74 Å². The summed E-state index contributed by atoms with van der Waals surface area (Å²) in [6.45, 7) is 2.39. The molecule has 10 nitrogen and oxygen atoms in total. The molecule has 0 saturated carbocycles. The van der Waals surface area contributed by atoms with Crippen molar-refractivity contribution in [2.75, 3.05) is 12.0 Å². The maximum absolute atomic E-state index is 11.8. The van der Waals surface area contributed by atoms with E-state index < -0.39 is 11.2 Å². The van der Waals surface area contributed by atoms with E-state index in [1.54, 1.807) is 0 Å². The van der Waals surface area contributed by atoms with Crippen molar-refractivity contribution in [1.29, 1.82) is 5.26 Å². The molecule has 3 aromatic heterocycles.